The molecule has 0 aromatic carbocycles. The molecule has 0 aromatic rings. The summed E-state index contributed by atoms with van der Waals surface area (Å²) < 4.78 is 44.9. The van der Waals surface area contributed by atoms with Crippen molar-refractivity contribution in [1.29, 1.82) is 0 Å². The molecule has 0 saturated heterocycles. The van der Waals surface area contributed by atoms with Gasteiger partial charge in [-0.3, -0.25) is 0 Å². The first-order valence-corrected chi connectivity index (χ1v) is 8.23. The van der Waals surface area contributed by atoms with Crippen molar-refractivity contribution in [3.63, 3.8) is 0 Å². The summed E-state index contributed by atoms with van der Waals surface area (Å²) in [6.07, 6.45) is 1.35. The Kier molecular flexibility index (Phi) is 10.4. The van der Waals surface area contributed by atoms with Gasteiger partial charge in [0.15, 0.2) is 0 Å². The molecule has 1 N–H and O–H groups in total. The van der Waals surface area contributed by atoms with Gasteiger partial charge in [-0.15, -0.1) is 0 Å². The molecule has 0 heterocycles. The Hall–Kier alpha value is -1.56. The molecule has 24 heavy (non-hydrogen) atoms. The first-order chi connectivity index (χ1) is 11.2. The Morgan fingerprint density at radius 2 is 1.88 bits per heavy atom. The van der Waals surface area contributed by atoms with Gasteiger partial charge in [0.05, 0.1) is 17.3 Å². The molecular formula is C18H27F3O3. The summed E-state index contributed by atoms with van der Waals surface area (Å²) in [5, 5.41) is 9.25. The summed E-state index contributed by atoms with van der Waals surface area (Å²) in [6.45, 7) is 7.37. The van der Waals surface area contributed by atoms with Gasteiger partial charge in [0.2, 0.25) is 0 Å². The van der Waals surface area contributed by atoms with Crippen LogP contribution >= 0.6 is 0 Å². The zero-order valence-corrected chi connectivity index (χ0v) is 14.7. The lowest BCUT2D eigenvalue weighted by molar-refractivity contribution is -0.134. The minimum Gasteiger partial charge on any atom is -0.478 e. The molecule has 0 aliphatic rings. The Labute approximate surface area is 141 Å². The lowest BCUT2D eigenvalue weighted by Crippen LogP contribution is -2.20. The molecule has 0 aliphatic heterocycles. The van der Waals surface area contributed by atoms with E-state index in [2.05, 4.69) is 0 Å². The molecule has 6 heteroatoms. The van der Waals surface area contributed by atoms with E-state index in [0.29, 0.717) is 25.0 Å². The number of hydrogen-bond donors (Lipinski definition) is 1. The van der Waals surface area contributed by atoms with Crippen LogP contribution in [0.2, 0.25) is 0 Å². The smallest absolute Gasteiger partial charge is 0.416 e. The zero-order valence-electron chi connectivity index (χ0n) is 14.7. The predicted molar refractivity (Wildman–Crippen MR) is 88.8 cm³/mol. The summed E-state index contributed by atoms with van der Waals surface area (Å²) in [4.78, 5) is 11.4. The Bertz CT molecular complexity index is 488. The summed E-state index contributed by atoms with van der Waals surface area (Å²) >= 11 is 0. The van der Waals surface area contributed by atoms with E-state index in [1.165, 1.54) is 6.92 Å². The number of allylic oxidation sites excluding steroid dienone is 2. The van der Waals surface area contributed by atoms with E-state index in [4.69, 9.17) is 4.74 Å². The second-order valence-electron chi connectivity index (χ2n) is 5.30. The second kappa shape index (κ2) is 11.1. The predicted octanol–water partition coefficient (Wildman–Crippen LogP) is 5.44. The van der Waals surface area contributed by atoms with Crippen LogP contribution in [0.5, 0.6) is 0 Å². The number of hydrogen-bond acceptors (Lipinski definition) is 2. The molecule has 0 rings (SSSR count). The summed E-state index contributed by atoms with van der Waals surface area (Å²) in [5.41, 5.74) is -1.44. The maximum absolute atomic E-state index is 13.1. The molecule has 0 saturated carbocycles. The highest BCUT2D eigenvalue weighted by molar-refractivity contribution is 5.92. The van der Waals surface area contributed by atoms with E-state index in [9.17, 15) is 23.1 Å². The number of aliphatic carboxylic acids is 1. The monoisotopic (exact) mass is 348 g/mol. The van der Waals surface area contributed by atoms with Crippen LogP contribution in [0.1, 0.15) is 53.4 Å². The lowest BCUT2D eigenvalue weighted by atomic mass is 9.98. The number of carbonyl (C=O) groups is 1. The molecule has 1 atom stereocenters. The standard InChI is InChI=1S/C18H27F3O3/c1-5-9-11-24-16(8-4)13(10-6-2)12-14(17(22)23)15(7-3)18(19,20)21/h7,10,12,16H,5-6,8-9,11H2,1-4H3,(H,22,23)/b13-10-,14-12+,15-7+. The Morgan fingerprint density at radius 3 is 2.25 bits per heavy atom. The lowest BCUT2D eigenvalue weighted by Gasteiger charge is -2.19. The Morgan fingerprint density at radius 1 is 1.25 bits per heavy atom. The SMILES string of the molecule is C\C=C(/C(=C\C(=C\CC)C(CC)OCCCC)C(=O)O)C(F)(F)F. The van der Waals surface area contributed by atoms with E-state index in [-0.39, 0.29) is 0 Å². The minimum absolute atomic E-state index is 0.419. The normalized spacial score (nSPS) is 15.5. The van der Waals surface area contributed by atoms with Gasteiger partial charge in [-0.05, 0) is 37.8 Å². The van der Waals surface area contributed by atoms with Gasteiger partial charge in [0.1, 0.15) is 0 Å². The molecule has 0 spiro atoms. The molecule has 138 valence electrons. The summed E-state index contributed by atoms with van der Waals surface area (Å²) in [5.74, 6) is -1.61. The van der Waals surface area contributed by atoms with Gasteiger partial charge in [0.25, 0.3) is 0 Å². The van der Waals surface area contributed by atoms with Crippen LogP contribution in [-0.4, -0.2) is 30.0 Å². The fourth-order valence-corrected chi connectivity index (χ4v) is 2.23. The van der Waals surface area contributed by atoms with Crippen LogP contribution in [0.15, 0.2) is 34.9 Å². The van der Waals surface area contributed by atoms with Gasteiger partial charge in [-0.2, -0.15) is 13.2 Å². The highest BCUT2D eigenvalue weighted by atomic mass is 19.4. The number of carboxylic acids is 1. The van der Waals surface area contributed by atoms with Crippen molar-refractivity contribution in [1.82, 2.24) is 0 Å². The van der Waals surface area contributed by atoms with Gasteiger partial charge in [0, 0.05) is 6.61 Å². The minimum atomic E-state index is -4.72. The molecule has 1 unspecified atom stereocenters. The quantitative estimate of drug-likeness (QED) is 0.325. The summed E-state index contributed by atoms with van der Waals surface area (Å²) in [6, 6.07) is 0. The fourth-order valence-electron chi connectivity index (χ4n) is 2.23. The highest BCUT2D eigenvalue weighted by Gasteiger charge is 2.38. The topological polar surface area (TPSA) is 46.5 Å². The maximum Gasteiger partial charge on any atom is 0.416 e. The zero-order chi connectivity index (χ0) is 18.8. The van der Waals surface area contributed by atoms with Crippen LogP contribution in [0, 0.1) is 0 Å². The van der Waals surface area contributed by atoms with E-state index in [1.54, 1.807) is 6.08 Å². The van der Waals surface area contributed by atoms with Crippen molar-refractivity contribution < 1.29 is 27.8 Å². The van der Waals surface area contributed by atoms with Gasteiger partial charge in [-0.25, -0.2) is 4.79 Å². The molecule has 3 nitrogen and oxygen atoms in total. The number of ether oxygens (including phenoxy) is 1. The van der Waals surface area contributed by atoms with Crippen LogP contribution in [0.25, 0.3) is 0 Å². The van der Waals surface area contributed by atoms with Gasteiger partial charge >= 0.3 is 12.1 Å². The van der Waals surface area contributed by atoms with Crippen molar-refractivity contribution >= 4 is 5.97 Å². The number of carboxylic acid groups (broad SMARTS) is 1. The fraction of sp³-hybridized carbons (Fsp3) is 0.611. The van der Waals surface area contributed by atoms with Crippen molar-refractivity contribution in [2.45, 2.75) is 65.7 Å². The molecule has 0 amide bonds. The molecule has 0 fully saturated rings. The van der Waals surface area contributed by atoms with Crippen molar-refractivity contribution in [3.05, 3.63) is 34.9 Å². The largest absolute Gasteiger partial charge is 0.478 e. The third-order valence-corrected chi connectivity index (χ3v) is 3.42. The van der Waals surface area contributed by atoms with E-state index in [1.807, 2.05) is 20.8 Å². The number of unbranched alkanes of at least 4 members (excludes halogenated alkanes) is 1. The average Bonchev–Trinajstić information content (AvgIpc) is 2.49. The molecule has 0 radical (unpaired) electrons. The number of alkyl halides is 3. The van der Waals surface area contributed by atoms with Crippen molar-refractivity contribution in [2.24, 2.45) is 0 Å². The highest BCUT2D eigenvalue weighted by Crippen LogP contribution is 2.32. The van der Waals surface area contributed by atoms with E-state index in [0.717, 1.165) is 25.0 Å². The van der Waals surface area contributed by atoms with Crippen molar-refractivity contribution in [3.8, 4) is 0 Å². The molecular weight excluding hydrogens is 321 g/mol. The van der Waals surface area contributed by atoms with Crippen LogP contribution in [0.3, 0.4) is 0 Å². The number of halogens is 3. The average molecular weight is 348 g/mol. The van der Waals surface area contributed by atoms with Crippen molar-refractivity contribution in [2.75, 3.05) is 6.61 Å². The van der Waals surface area contributed by atoms with Crippen LogP contribution in [-0.2, 0) is 9.53 Å². The third kappa shape index (κ3) is 7.34. The molecule has 0 bridgehead atoms. The maximum atomic E-state index is 13.1. The summed E-state index contributed by atoms with van der Waals surface area (Å²) in [7, 11) is 0. The third-order valence-electron chi connectivity index (χ3n) is 3.42. The second-order valence-corrected chi connectivity index (χ2v) is 5.30. The van der Waals surface area contributed by atoms with Gasteiger partial charge < -0.3 is 9.84 Å². The first-order valence-electron chi connectivity index (χ1n) is 8.23. The van der Waals surface area contributed by atoms with Crippen LogP contribution < -0.4 is 0 Å². The Balaban J connectivity index is 5.80. The van der Waals surface area contributed by atoms with E-state index < -0.39 is 29.4 Å². The first kappa shape index (κ1) is 22.4. The van der Waals surface area contributed by atoms with Crippen LogP contribution in [0.4, 0.5) is 13.2 Å². The molecule has 0 aliphatic carbocycles. The van der Waals surface area contributed by atoms with Gasteiger partial charge in [-0.1, -0.05) is 39.3 Å². The molecule has 0 aromatic heterocycles. The van der Waals surface area contributed by atoms with E-state index >= 15 is 0 Å². The number of rotatable bonds is 10.